The lowest BCUT2D eigenvalue weighted by atomic mass is 10.1. The SMILES string of the molecule is N=COCc1ccc(S(=O)(=O)O)c(N=Nc2c(N)c(N=Nc3ccc(S(=O)(=O)CCOS(=O)(=O)O)cc3CO)c(N)c(N=Nc3ccc(S(=O)(=O)CCOS(=O)(=O)O)cc3CO)c2C(=O)O)c1. The molecule has 4 aromatic rings. The first-order valence-electron chi connectivity index (χ1n) is 17.7. The van der Waals surface area contributed by atoms with Crippen molar-refractivity contribution in [2.45, 2.75) is 34.5 Å². The Hall–Kier alpha value is -6.31. The zero-order valence-electron chi connectivity index (χ0n) is 33.5. The van der Waals surface area contributed by atoms with E-state index in [0.29, 0.717) is 6.40 Å². The number of ether oxygens (including phenoxy) is 1. The van der Waals surface area contributed by atoms with Crippen LogP contribution in [0.4, 0.5) is 45.5 Å². The number of carbonyl (C=O) groups is 1. The molecule has 0 saturated carbocycles. The Kier molecular flexibility index (Phi) is 17.1. The molecule has 0 saturated heterocycles. The van der Waals surface area contributed by atoms with Gasteiger partial charge in [0.1, 0.15) is 39.8 Å². The van der Waals surface area contributed by atoms with E-state index in [-0.39, 0.29) is 34.7 Å². The van der Waals surface area contributed by atoms with E-state index in [9.17, 15) is 66.8 Å². The van der Waals surface area contributed by atoms with Crippen molar-refractivity contribution in [1.29, 1.82) is 5.41 Å². The van der Waals surface area contributed by atoms with Crippen molar-refractivity contribution in [2.24, 2.45) is 30.7 Å². The van der Waals surface area contributed by atoms with Crippen LogP contribution in [-0.2, 0) is 83.5 Å². The van der Waals surface area contributed by atoms with Gasteiger partial charge in [-0.15, -0.1) is 20.5 Å². The van der Waals surface area contributed by atoms with Crippen LogP contribution in [0.3, 0.4) is 0 Å². The lowest BCUT2D eigenvalue weighted by Crippen LogP contribution is -2.15. The maximum Gasteiger partial charge on any atom is 0.397 e. The van der Waals surface area contributed by atoms with Crippen molar-refractivity contribution in [3.8, 4) is 0 Å². The van der Waals surface area contributed by atoms with Gasteiger partial charge in [0, 0.05) is 11.1 Å². The zero-order valence-corrected chi connectivity index (χ0v) is 37.6. The Balaban J connectivity index is 1.96. The van der Waals surface area contributed by atoms with Gasteiger partial charge < -0.3 is 31.5 Å². The summed E-state index contributed by atoms with van der Waals surface area (Å²) < 4.78 is 160. The minimum Gasteiger partial charge on any atom is -0.479 e. The molecule has 0 radical (unpaired) electrons. The fourth-order valence-electron chi connectivity index (χ4n) is 5.36. The molecule has 0 aliphatic heterocycles. The average Bonchev–Trinajstić information content (AvgIpc) is 3.23. The molecule has 34 heteroatoms. The van der Waals surface area contributed by atoms with E-state index in [1.54, 1.807) is 0 Å². The fraction of sp³-hybridized carbons (Fsp3) is 0.212. The van der Waals surface area contributed by atoms with Crippen LogP contribution < -0.4 is 11.5 Å². The minimum atomic E-state index is -5.04. The second-order valence-corrected chi connectivity index (χ2v) is 20.7. The van der Waals surface area contributed by atoms with Crippen LogP contribution in [0.5, 0.6) is 0 Å². The van der Waals surface area contributed by atoms with Crippen molar-refractivity contribution in [3.05, 3.63) is 76.9 Å². The minimum absolute atomic E-state index is 0.174. The monoisotopic (exact) mass is 1040 g/mol. The summed E-state index contributed by atoms with van der Waals surface area (Å²) in [4.78, 5) is 11.1. The first kappa shape index (κ1) is 53.3. The number of sulfone groups is 2. The number of rotatable bonds is 23. The molecule has 0 unspecified atom stereocenters. The molecule has 29 nitrogen and oxygen atoms in total. The van der Waals surface area contributed by atoms with Crippen LogP contribution >= 0.6 is 0 Å². The topological polar surface area (TPSA) is 487 Å². The number of aliphatic hydroxyl groups excluding tert-OH is 2. The normalized spacial score (nSPS) is 12.9. The van der Waals surface area contributed by atoms with E-state index in [0.717, 1.165) is 48.5 Å². The second-order valence-electron chi connectivity index (χ2n) is 12.9. The third-order valence-electron chi connectivity index (χ3n) is 8.45. The molecule has 0 aliphatic rings. The van der Waals surface area contributed by atoms with Gasteiger partial charge in [0.05, 0.1) is 70.5 Å². The largest absolute Gasteiger partial charge is 0.479 e. The highest BCUT2D eigenvalue weighted by molar-refractivity contribution is 7.91. The standard InChI is InChI=1S/C33H35N9O20S5/c34-17-60-16-18-1-6-26(65(51,52)53)25(11-18)39-41-31-27(33(45)46)30(40-37-23-4-2-21(12-19(23)14-43)63(47,48)9-7-61-66(54,55)56)28(35)32(29(31)36)42-38-24-5-3-22(13-20(24)15-44)64(49,50)10-8-62-67(57,58)59/h1-6,11-13,17,34,43-44H,7-10,14-16,35-36H2,(H,45,46)(H,51,52,53)(H,54,55,56)(H,57,58,59). The summed E-state index contributed by atoms with van der Waals surface area (Å²) in [6.45, 7) is -4.10. The van der Waals surface area contributed by atoms with E-state index in [2.05, 4.69) is 39.1 Å². The van der Waals surface area contributed by atoms with Crippen molar-refractivity contribution in [1.82, 2.24) is 0 Å². The van der Waals surface area contributed by atoms with Gasteiger partial charge in [0.2, 0.25) is 0 Å². The van der Waals surface area contributed by atoms with Gasteiger partial charge in [0.25, 0.3) is 10.1 Å². The highest BCUT2D eigenvalue weighted by atomic mass is 32.3. The van der Waals surface area contributed by atoms with Gasteiger partial charge in [-0.25, -0.2) is 30.0 Å². The number of hydrogen-bond donors (Lipinski definition) is 9. The van der Waals surface area contributed by atoms with E-state index in [4.69, 9.17) is 30.7 Å². The van der Waals surface area contributed by atoms with Crippen LogP contribution in [0.1, 0.15) is 27.0 Å². The first-order chi connectivity index (χ1) is 31.1. The van der Waals surface area contributed by atoms with Crippen molar-refractivity contribution < 1.29 is 89.0 Å². The smallest absolute Gasteiger partial charge is 0.397 e. The Bertz CT molecular complexity index is 3260. The van der Waals surface area contributed by atoms with E-state index < -0.39 is 149 Å². The number of nitrogens with zero attached hydrogens (tertiary/aromatic N) is 6. The molecular formula is C33H35N9O20S5. The molecule has 67 heavy (non-hydrogen) atoms. The van der Waals surface area contributed by atoms with Crippen molar-refractivity contribution in [2.75, 3.05) is 36.2 Å². The van der Waals surface area contributed by atoms with Crippen molar-refractivity contribution in [3.63, 3.8) is 0 Å². The van der Waals surface area contributed by atoms with E-state index in [1.807, 2.05) is 0 Å². The molecule has 0 spiro atoms. The maximum atomic E-state index is 13.0. The summed E-state index contributed by atoms with van der Waals surface area (Å²) in [5, 5.41) is 61.1. The van der Waals surface area contributed by atoms with Crippen LogP contribution in [0.15, 0.2) is 100.0 Å². The lowest BCUT2D eigenvalue weighted by Gasteiger charge is -2.14. The summed E-state index contributed by atoms with van der Waals surface area (Å²) in [6, 6.07) is 8.86. The average molecular weight is 1040 g/mol. The van der Waals surface area contributed by atoms with E-state index in [1.165, 1.54) is 6.07 Å². The molecule has 0 amide bonds. The molecule has 4 aromatic carbocycles. The third kappa shape index (κ3) is 14.3. The number of carboxylic acid groups (broad SMARTS) is 1. The summed E-state index contributed by atoms with van der Waals surface area (Å²) in [6.07, 6.45) is 0.566. The van der Waals surface area contributed by atoms with Crippen LogP contribution in [0.2, 0.25) is 0 Å². The van der Waals surface area contributed by atoms with Gasteiger partial charge in [-0.05, 0) is 54.1 Å². The number of nitrogen functional groups attached to an aromatic ring is 2. The van der Waals surface area contributed by atoms with E-state index >= 15 is 0 Å². The zero-order chi connectivity index (χ0) is 50.1. The predicted octanol–water partition coefficient (Wildman–Crippen LogP) is 3.34. The summed E-state index contributed by atoms with van der Waals surface area (Å²) >= 11 is 0. The third-order valence-corrected chi connectivity index (χ3v) is 13.6. The quantitative estimate of drug-likeness (QED) is 0.0169. The molecule has 362 valence electrons. The molecule has 0 aliphatic carbocycles. The number of benzene rings is 4. The number of carboxylic acids is 1. The number of nitrogens with one attached hydrogen (secondary N) is 1. The summed E-state index contributed by atoms with van der Waals surface area (Å²) in [5.74, 6) is -3.78. The molecule has 0 bridgehead atoms. The number of aliphatic hydroxyl groups is 2. The lowest BCUT2D eigenvalue weighted by molar-refractivity contribution is 0.0698. The number of hydrogen-bond acceptors (Lipinski definition) is 25. The molecule has 0 heterocycles. The fourth-order valence-corrected chi connectivity index (χ4v) is 9.03. The Labute approximate surface area is 379 Å². The van der Waals surface area contributed by atoms with Gasteiger partial charge in [-0.2, -0.15) is 35.5 Å². The van der Waals surface area contributed by atoms with Crippen LogP contribution in [0.25, 0.3) is 0 Å². The highest BCUT2D eigenvalue weighted by Gasteiger charge is 2.28. The molecule has 0 atom stereocenters. The number of azo groups is 3. The Morgan fingerprint density at radius 3 is 1.43 bits per heavy atom. The number of aromatic carboxylic acids is 1. The second kappa shape index (κ2) is 21.5. The van der Waals surface area contributed by atoms with Crippen LogP contribution in [0, 0.1) is 5.41 Å². The van der Waals surface area contributed by atoms with Crippen molar-refractivity contribution >= 4 is 108 Å². The Morgan fingerprint density at radius 2 is 1.04 bits per heavy atom. The predicted molar refractivity (Wildman–Crippen MR) is 228 cm³/mol. The Morgan fingerprint density at radius 1 is 0.612 bits per heavy atom. The molecular weight excluding hydrogens is 1000 g/mol. The van der Waals surface area contributed by atoms with Gasteiger partial charge >= 0.3 is 26.8 Å². The van der Waals surface area contributed by atoms with Crippen LogP contribution in [-0.4, -0.2) is 108 Å². The summed E-state index contributed by atoms with van der Waals surface area (Å²) in [7, 11) is -23.7. The van der Waals surface area contributed by atoms with Gasteiger partial charge in [-0.1, -0.05) is 6.07 Å². The molecule has 11 N–H and O–H groups in total. The molecule has 0 fully saturated rings. The van der Waals surface area contributed by atoms with Gasteiger partial charge in [0.15, 0.2) is 26.1 Å². The van der Waals surface area contributed by atoms with Gasteiger partial charge in [-0.3, -0.25) is 19.1 Å². The number of anilines is 2. The highest BCUT2D eigenvalue weighted by Crippen LogP contribution is 2.49. The first-order valence-corrected chi connectivity index (χ1v) is 25.2. The molecule has 0 aromatic heterocycles. The maximum absolute atomic E-state index is 13.0. The number of nitrogens with two attached hydrogens (primary N) is 2. The summed E-state index contributed by atoms with van der Waals surface area (Å²) in [5.41, 5.74) is 6.39. The molecule has 4 rings (SSSR count).